The zero-order valence-corrected chi connectivity index (χ0v) is 23.8. The summed E-state index contributed by atoms with van der Waals surface area (Å²) in [7, 11) is 3.96. The monoisotopic (exact) mass is 540 g/mol. The lowest BCUT2D eigenvalue weighted by atomic mass is 9.83. The first-order valence-corrected chi connectivity index (χ1v) is 13.3. The van der Waals surface area contributed by atoms with Gasteiger partial charge in [-0.05, 0) is 80.4 Å². The molecule has 0 radical (unpaired) electrons. The molecule has 0 fully saturated rings. The predicted molar refractivity (Wildman–Crippen MR) is 156 cm³/mol. The van der Waals surface area contributed by atoms with E-state index in [-0.39, 0.29) is 19.2 Å². The van der Waals surface area contributed by atoms with Crippen LogP contribution in [0, 0.1) is 16.7 Å². The molecular formula is C31H36N6O3. The van der Waals surface area contributed by atoms with Gasteiger partial charge in [0, 0.05) is 25.8 Å². The number of hydrogen-bond donors (Lipinski definition) is 0. The van der Waals surface area contributed by atoms with Crippen LogP contribution in [0.25, 0.3) is 0 Å². The van der Waals surface area contributed by atoms with Crippen molar-refractivity contribution in [2.45, 2.75) is 40.0 Å². The number of azo groups is 2. The minimum absolute atomic E-state index is 0.105. The average molecular weight is 541 g/mol. The number of nitriles is 1. The summed E-state index contributed by atoms with van der Waals surface area (Å²) in [6, 6.07) is 21.8. The number of carbonyl (C=O) groups excluding carboxylic acids is 1. The highest BCUT2D eigenvalue weighted by Crippen LogP contribution is 2.34. The van der Waals surface area contributed by atoms with Gasteiger partial charge in [-0.3, -0.25) is 4.79 Å². The second-order valence-electron chi connectivity index (χ2n) is 9.77. The Hall–Kier alpha value is -4.58. The van der Waals surface area contributed by atoms with Crippen LogP contribution in [-0.2, 0) is 9.53 Å². The maximum Gasteiger partial charge on any atom is 0.311 e. The molecule has 0 aliphatic rings. The van der Waals surface area contributed by atoms with E-state index in [0.717, 1.165) is 24.2 Å². The summed E-state index contributed by atoms with van der Waals surface area (Å²) in [5.41, 5.74) is 3.48. The lowest BCUT2D eigenvalue weighted by molar-refractivity contribution is -0.156. The molecule has 40 heavy (non-hydrogen) atoms. The number of anilines is 1. The van der Waals surface area contributed by atoms with E-state index in [9.17, 15) is 4.79 Å². The highest BCUT2D eigenvalue weighted by molar-refractivity contribution is 5.76. The van der Waals surface area contributed by atoms with Crippen molar-refractivity contribution in [3.63, 3.8) is 0 Å². The van der Waals surface area contributed by atoms with E-state index in [1.54, 1.807) is 42.5 Å². The molecule has 0 saturated heterocycles. The molecule has 0 bridgehead atoms. The molecule has 1 atom stereocenters. The van der Waals surface area contributed by atoms with Crippen LogP contribution in [0.1, 0.15) is 45.6 Å². The standard InChI is InChI=1S/C31H36N6O3/c1-6-18-31(3,7-2)30(38)40-20-19-39-29-21-26(35-33-25-12-15-27(16-13-25)37(4)5)14-17-28(29)36-34-24-10-8-23(22-32)9-11-24/h8-17,21H,6-7,18-20H2,1-5H3. The van der Waals surface area contributed by atoms with Crippen LogP contribution < -0.4 is 9.64 Å². The first kappa shape index (κ1) is 30.0. The van der Waals surface area contributed by atoms with E-state index in [1.807, 2.05) is 57.1 Å². The van der Waals surface area contributed by atoms with Gasteiger partial charge in [-0.15, -0.1) is 5.11 Å². The quantitative estimate of drug-likeness (QED) is 0.122. The van der Waals surface area contributed by atoms with E-state index in [4.69, 9.17) is 14.7 Å². The molecule has 0 N–H and O–H groups in total. The van der Waals surface area contributed by atoms with E-state index in [1.165, 1.54) is 0 Å². The first-order chi connectivity index (χ1) is 19.3. The zero-order valence-electron chi connectivity index (χ0n) is 23.8. The van der Waals surface area contributed by atoms with Crippen molar-refractivity contribution in [2.24, 2.45) is 25.9 Å². The molecule has 0 aliphatic heterocycles. The van der Waals surface area contributed by atoms with Gasteiger partial charge in [0.05, 0.1) is 34.1 Å². The Bertz CT molecular complexity index is 1360. The smallest absolute Gasteiger partial charge is 0.311 e. The fourth-order valence-corrected chi connectivity index (χ4v) is 3.85. The van der Waals surface area contributed by atoms with Gasteiger partial charge in [-0.25, -0.2) is 0 Å². The van der Waals surface area contributed by atoms with E-state index in [2.05, 4.69) is 33.4 Å². The highest BCUT2D eigenvalue weighted by Gasteiger charge is 2.31. The largest absolute Gasteiger partial charge is 0.488 e. The predicted octanol–water partition coefficient (Wildman–Crippen LogP) is 8.59. The number of carbonyl (C=O) groups is 1. The van der Waals surface area contributed by atoms with Crippen LogP contribution >= 0.6 is 0 Å². The molecule has 0 saturated carbocycles. The number of esters is 1. The summed E-state index contributed by atoms with van der Waals surface area (Å²) in [4.78, 5) is 14.7. The van der Waals surface area contributed by atoms with Crippen LogP contribution in [-0.4, -0.2) is 33.3 Å². The third-order valence-electron chi connectivity index (χ3n) is 6.51. The third kappa shape index (κ3) is 8.46. The van der Waals surface area contributed by atoms with Gasteiger partial charge in [-0.1, -0.05) is 20.3 Å². The van der Waals surface area contributed by atoms with Crippen molar-refractivity contribution in [1.82, 2.24) is 0 Å². The molecule has 0 aliphatic carbocycles. The van der Waals surface area contributed by atoms with Gasteiger partial charge in [0.15, 0.2) is 0 Å². The van der Waals surface area contributed by atoms with E-state index < -0.39 is 5.41 Å². The van der Waals surface area contributed by atoms with Crippen molar-refractivity contribution >= 4 is 34.4 Å². The Balaban J connectivity index is 1.76. The molecule has 0 aromatic heterocycles. The summed E-state index contributed by atoms with van der Waals surface area (Å²) < 4.78 is 11.5. The molecule has 9 heteroatoms. The topological polar surface area (TPSA) is 112 Å². The number of hydrogen-bond acceptors (Lipinski definition) is 9. The van der Waals surface area contributed by atoms with Crippen LogP contribution in [0.5, 0.6) is 5.75 Å². The normalized spacial score (nSPS) is 12.7. The Labute approximate surface area is 236 Å². The Kier molecular flexibility index (Phi) is 10.9. The molecule has 9 nitrogen and oxygen atoms in total. The second kappa shape index (κ2) is 14.5. The van der Waals surface area contributed by atoms with Crippen molar-refractivity contribution in [2.75, 3.05) is 32.2 Å². The molecule has 3 aromatic carbocycles. The van der Waals surface area contributed by atoms with Gasteiger partial charge in [0.2, 0.25) is 0 Å². The summed E-state index contributed by atoms with van der Waals surface area (Å²) in [6.45, 7) is 6.23. The fourth-order valence-electron chi connectivity index (χ4n) is 3.85. The highest BCUT2D eigenvalue weighted by atomic mass is 16.6. The molecule has 0 spiro atoms. The Morgan fingerprint density at radius 3 is 2.08 bits per heavy atom. The zero-order chi connectivity index (χ0) is 29.0. The van der Waals surface area contributed by atoms with Crippen LogP contribution in [0.15, 0.2) is 87.2 Å². The van der Waals surface area contributed by atoms with Crippen molar-refractivity contribution in [3.05, 3.63) is 72.3 Å². The Morgan fingerprint density at radius 2 is 1.48 bits per heavy atom. The van der Waals surface area contributed by atoms with Crippen LogP contribution in [0.2, 0.25) is 0 Å². The molecular weight excluding hydrogens is 504 g/mol. The summed E-state index contributed by atoms with van der Waals surface area (Å²) in [5, 5.41) is 26.3. The first-order valence-electron chi connectivity index (χ1n) is 13.3. The summed E-state index contributed by atoms with van der Waals surface area (Å²) in [5.74, 6) is 0.212. The third-order valence-corrected chi connectivity index (χ3v) is 6.51. The maximum absolute atomic E-state index is 12.6. The van der Waals surface area contributed by atoms with Crippen LogP contribution in [0.4, 0.5) is 28.4 Å². The van der Waals surface area contributed by atoms with Gasteiger partial charge < -0.3 is 14.4 Å². The minimum atomic E-state index is -0.500. The number of ether oxygens (including phenoxy) is 2. The van der Waals surface area contributed by atoms with Crippen molar-refractivity contribution in [1.29, 1.82) is 5.26 Å². The summed E-state index contributed by atoms with van der Waals surface area (Å²) in [6.07, 6.45) is 2.39. The molecule has 0 heterocycles. The second-order valence-corrected chi connectivity index (χ2v) is 9.77. The van der Waals surface area contributed by atoms with Crippen LogP contribution in [0.3, 0.4) is 0 Å². The van der Waals surface area contributed by atoms with Gasteiger partial charge in [0.1, 0.15) is 24.7 Å². The minimum Gasteiger partial charge on any atom is -0.488 e. The van der Waals surface area contributed by atoms with E-state index >= 15 is 0 Å². The fraction of sp³-hybridized carbons (Fsp3) is 0.355. The number of rotatable bonds is 13. The number of benzene rings is 3. The molecule has 3 rings (SSSR count). The number of nitrogens with zero attached hydrogens (tertiary/aromatic N) is 6. The van der Waals surface area contributed by atoms with E-state index in [0.29, 0.717) is 34.8 Å². The van der Waals surface area contributed by atoms with Crippen molar-refractivity contribution in [3.8, 4) is 11.8 Å². The van der Waals surface area contributed by atoms with Crippen molar-refractivity contribution < 1.29 is 14.3 Å². The lowest BCUT2D eigenvalue weighted by Crippen LogP contribution is -2.30. The molecule has 208 valence electrons. The SMILES string of the molecule is CCCC(C)(CC)C(=O)OCCOc1cc(N=Nc2ccc(N(C)C)cc2)ccc1N=Nc1ccc(C#N)cc1. The molecule has 0 amide bonds. The molecule has 3 aromatic rings. The van der Waals surface area contributed by atoms with Gasteiger partial charge in [0.25, 0.3) is 0 Å². The Morgan fingerprint density at radius 1 is 0.875 bits per heavy atom. The lowest BCUT2D eigenvalue weighted by Gasteiger charge is -2.25. The van der Waals surface area contributed by atoms with Gasteiger partial charge in [-0.2, -0.15) is 20.6 Å². The summed E-state index contributed by atoms with van der Waals surface area (Å²) >= 11 is 0. The average Bonchev–Trinajstić information content (AvgIpc) is 2.98. The maximum atomic E-state index is 12.6. The van der Waals surface area contributed by atoms with Gasteiger partial charge >= 0.3 is 5.97 Å². The molecule has 1 unspecified atom stereocenters.